The molecule has 0 saturated carbocycles. The fourth-order valence-corrected chi connectivity index (χ4v) is 2.58. The number of amides is 1. The minimum Gasteiger partial charge on any atom is -0.383 e. The van der Waals surface area contributed by atoms with Crippen molar-refractivity contribution in [2.75, 3.05) is 5.73 Å². The molecule has 0 aliphatic rings. The minimum atomic E-state index is -0.481. The van der Waals surface area contributed by atoms with Crippen molar-refractivity contribution in [1.82, 2.24) is 15.3 Å². The van der Waals surface area contributed by atoms with Crippen molar-refractivity contribution in [3.63, 3.8) is 0 Å². The molecule has 6 heteroatoms. The number of aryl methyl sites for hydroxylation is 1. The van der Waals surface area contributed by atoms with Crippen LogP contribution in [0.4, 0.5) is 10.2 Å². The van der Waals surface area contributed by atoms with Crippen molar-refractivity contribution in [2.45, 2.75) is 33.7 Å². The maximum absolute atomic E-state index is 15.2. The lowest BCUT2D eigenvalue weighted by molar-refractivity contribution is -0.119. The van der Waals surface area contributed by atoms with Gasteiger partial charge in [0.1, 0.15) is 11.5 Å². The number of nitrogen functional groups attached to an aromatic ring is 1. The lowest BCUT2D eigenvalue weighted by Crippen LogP contribution is -2.37. The number of rotatable bonds is 3. The zero-order chi connectivity index (χ0) is 17.9. The molecule has 2 aromatic rings. The maximum atomic E-state index is 15.2. The molecule has 1 unspecified atom stereocenters. The summed E-state index contributed by atoms with van der Waals surface area (Å²) in [7, 11) is 0. The van der Waals surface area contributed by atoms with Gasteiger partial charge in [-0.3, -0.25) is 9.78 Å². The number of carbonyl (C=O) groups is 1. The second-order valence-corrected chi connectivity index (χ2v) is 5.62. The first-order valence-electron chi connectivity index (χ1n) is 7.66. The van der Waals surface area contributed by atoms with Gasteiger partial charge in [0, 0.05) is 41.4 Å². The van der Waals surface area contributed by atoms with Crippen molar-refractivity contribution in [3.8, 4) is 11.3 Å². The predicted octanol–water partition coefficient (Wildman–Crippen LogP) is 1.28. The zero-order valence-electron chi connectivity index (χ0n) is 14.2. The number of aromatic nitrogens is 2. The summed E-state index contributed by atoms with van der Waals surface area (Å²) in [6, 6.07) is 1.44. The fraction of sp³-hybridized carbons (Fsp3) is 0.278. The van der Waals surface area contributed by atoms with Crippen molar-refractivity contribution in [3.05, 3.63) is 40.3 Å². The Hall–Kier alpha value is -2.76. The lowest BCUT2D eigenvalue weighted by Gasteiger charge is -2.11. The van der Waals surface area contributed by atoms with E-state index < -0.39 is 5.82 Å². The molecule has 0 fully saturated rings. The third-order valence-electron chi connectivity index (χ3n) is 3.67. The summed E-state index contributed by atoms with van der Waals surface area (Å²) < 4.78 is 15.2. The van der Waals surface area contributed by atoms with E-state index in [9.17, 15) is 4.79 Å². The molecule has 0 bridgehead atoms. The van der Waals surface area contributed by atoms with Crippen LogP contribution in [-0.2, 0) is 4.79 Å². The molecule has 0 aliphatic heterocycles. The Labute approximate surface area is 140 Å². The van der Waals surface area contributed by atoms with Crippen LogP contribution < -0.4 is 21.5 Å². The first-order valence-corrected chi connectivity index (χ1v) is 7.66. The topological polar surface area (TPSA) is 80.9 Å². The van der Waals surface area contributed by atoms with E-state index >= 15 is 4.39 Å². The maximum Gasteiger partial charge on any atom is 0.217 e. The van der Waals surface area contributed by atoms with E-state index in [2.05, 4.69) is 15.3 Å². The van der Waals surface area contributed by atoms with E-state index in [1.807, 2.05) is 6.92 Å². The zero-order valence-corrected chi connectivity index (χ0v) is 14.2. The molecule has 0 radical (unpaired) electrons. The summed E-state index contributed by atoms with van der Waals surface area (Å²) in [6.07, 6.45) is 6.55. The number of pyridine rings is 2. The highest BCUT2D eigenvalue weighted by molar-refractivity contribution is 5.74. The van der Waals surface area contributed by atoms with Crippen LogP contribution >= 0.6 is 0 Å². The molecule has 2 rings (SSSR count). The third kappa shape index (κ3) is 3.59. The lowest BCUT2D eigenvalue weighted by atomic mass is 10.1. The molecule has 0 aromatic carbocycles. The first kappa shape index (κ1) is 17.6. The Bertz CT molecular complexity index is 893. The molecule has 1 amide bonds. The molecule has 1 atom stereocenters. The molecule has 5 nitrogen and oxygen atoms in total. The van der Waals surface area contributed by atoms with E-state index in [0.29, 0.717) is 16.0 Å². The molecule has 0 aliphatic carbocycles. The smallest absolute Gasteiger partial charge is 0.217 e. The van der Waals surface area contributed by atoms with Crippen LogP contribution in [0.15, 0.2) is 18.5 Å². The highest BCUT2D eigenvalue weighted by Gasteiger charge is 2.14. The van der Waals surface area contributed by atoms with Gasteiger partial charge < -0.3 is 11.1 Å². The largest absolute Gasteiger partial charge is 0.383 e. The van der Waals surface area contributed by atoms with Crippen LogP contribution in [0.2, 0.25) is 0 Å². The third-order valence-corrected chi connectivity index (χ3v) is 3.67. The van der Waals surface area contributed by atoms with Gasteiger partial charge in [-0.05, 0) is 32.4 Å². The molecule has 3 N–H and O–H groups in total. The van der Waals surface area contributed by atoms with Crippen molar-refractivity contribution < 1.29 is 9.18 Å². The average Bonchev–Trinajstić information content (AvgIpc) is 2.51. The number of nitrogens with two attached hydrogens (primary N) is 1. The highest BCUT2D eigenvalue weighted by atomic mass is 19.1. The molecule has 2 heterocycles. The first-order chi connectivity index (χ1) is 11.3. The predicted molar refractivity (Wildman–Crippen MR) is 93.7 cm³/mol. The summed E-state index contributed by atoms with van der Waals surface area (Å²) in [4.78, 5) is 19.5. The Morgan fingerprint density at radius 3 is 2.71 bits per heavy atom. The SMILES string of the molecule is C/C=c1/c(N)nc(-c2cnccc2C)c(F)/c1=C/C(C)NC(C)=O. The van der Waals surface area contributed by atoms with Gasteiger partial charge in [-0.25, -0.2) is 9.37 Å². The van der Waals surface area contributed by atoms with Gasteiger partial charge in [0.2, 0.25) is 5.91 Å². The van der Waals surface area contributed by atoms with Crippen LogP contribution in [0, 0.1) is 12.7 Å². The summed E-state index contributed by atoms with van der Waals surface area (Å²) >= 11 is 0. The van der Waals surface area contributed by atoms with E-state index in [1.165, 1.54) is 6.92 Å². The Balaban J connectivity index is 2.78. The number of halogens is 1. The molecule has 0 saturated heterocycles. The second-order valence-electron chi connectivity index (χ2n) is 5.62. The molecule has 126 valence electrons. The van der Waals surface area contributed by atoms with Gasteiger partial charge in [-0.15, -0.1) is 0 Å². The number of carbonyl (C=O) groups excluding carboxylic acids is 1. The van der Waals surface area contributed by atoms with Crippen molar-refractivity contribution >= 4 is 23.9 Å². The van der Waals surface area contributed by atoms with Gasteiger partial charge in [0.05, 0.1) is 0 Å². The quantitative estimate of drug-likeness (QED) is 0.889. The summed E-state index contributed by atoms with van der Waals surface area (Å²) in [6.45, 7) is 6.81. The number of anilines is 1. The van der Waals surface area contributed by atoms with E-state index in [4.69, 9.17) is 5.73 Å². The second kappa shape index (κ2) is 7.21. The summed E-state index contributed by atoms with van der Waals surface area (Å²) in [5.41, 5.74) is 7.63. The van der Waals surface area contributed by atoms with Crippen LogP contribution in [0.25, 0.3) is 23.4 Å². The summed E-state index contributed by atoms with van der Waals surface area (Å²) in [5, 5.41) is 3.54. The number of hydrogen-bond acceptors (Lipinski definition) is 4. The van der Waals surface area contributed by atoms with Crippen molar-refractivity contribution in [2.24, 2.45) is 0 Å². The molecular weight excluding hydrogens is 307 g/mol. The average molecular weight is 328 g/mol. The van der Waals surface area contributed by atoms with Gasteiger partial charge in [0.15, 0.2) is 5.82 Å². The molecule has 24 heavy (non-hydrogen) atoms. The van der Waals surface area contributed by atoms with E-state index in [0.717, 1.165) is 5.56 Å². The van der Waals surface area contributed by atoms with E-state index in [1.54, 1.807) is 44.5 Å². The molecular formula is C18H21FN4O. The Morgan fingerprint density at radius 1 is 1.42 bits per heavy atom. The van der Waals surface area contributed by atoms with Gasteiger partial charge in [-0.1, -0.05) is 12.2 Å². The van der Waals surface area contributed by atoms with Crippen molar-refractivity contribution in [1.29, 1.82) is 0 Å². The normalized spacial score (nSPS) is 13.9. The standard InChI is InChI=1S/C18H21FN4O/c1-5-13-14(8-11(3)22-12(4)24)16(19)17(23-18(13)20)15-9-21-7-6-10(15)2/h5-9,11H,1-4H3,(H2,20,23)(H,22,24)/b13-5+,14-8+. The van der Waals surface area contributed by atoms with Crippen LogP contribution in [-0.4, -0.2) is 21.9 Å². The van der Waals surface area contributed by atoms with E-state index in [-0.39, 0.29) is 23.5 Å². The Kier molecular flexibility index (Phi) is 5.28. The van der Waals surface area contributed by atoms with Gasteiger partial charge in [0.25, 0.3) is 0 Å². The monoisotopic (exact) mass is 328 g/mol. The number of nitrogens with one attached hydrogen (secondary N) is 1. The van der Waals surface area contributed by atoms with Gasteiger partial charge >= 0.3 is 0 Å². The minimum absolute atomic E-state index is 0.157. The summed E-state index contributed by atoms with van der Waals surface area (Å²) in [5.74, 6) is -0.435. The number of hydrogen-bond donors (Lipinski definition) is 2. The van der Waals surface area contributed by atoms with Gasteiger partial charge in [-0.2, -0.15) is 0 Å². The van der Waals surface area contributed by atoms with Crippen LogP contribution in [0.5, 0.6) is 0 Å². The Morgan fingerprint density at radius 2 is 2.12 bits per heavy atom. The van der Waals surface area contributed by atoms with Crippen LogP contribution in [0.3, 0.4) is 0 Å². The fourth-order valence-electron chi connectivity index (χ4n) is 2.58. The highest BCUT2D eigenvalue weighted by Crippen LogP contribution is 2.21. The van der Waals surface area contributed by atoms with Crippen LogP contribution in [0.1, 0.15) is 26.3 Å². The number of nitrogens with zero attached hydrogens (tertiary/aromatic N) is 2. The molecule has 0 spiro atoms. The molecule has 2 aromatic heterocycles.